The van der Waals surface area contributed by atoms with Gasteiger partial charge in [-0.25, -0.2) is 0 Å². The van der Waals surface area contributed by atoms with Gasteiger partial charge < -0.3 is 10.2 Å². The van der Waals surface area contributed by atoms with Crippen molar-refractivity contribution in [3.8, 4) is 6.07 Å². The van der Waals surface area contributed by atoms with Crippen LogP contribution in [0.2, 0.25) is 0 Å². The van der Waals surface area contributed by atoms with Crippen molar-refractivity contribution in [2.75, 3.05) is 13.6 Å². The van der Waals surface area contributed by atoms with Gasteiger partial charge in [-0.05, 0) is 25.5 Å². The van der Waals surface area contributed by atoms with Gasteiger partial charge in [0.05, 0.1) is 17.7 Å². The molecule has 1 aromatic rings. The van der Waals surface area contributed by atoms with Crippen molar-refractivity contribution in [2.24, 2.45) is 0 Å². The number of nitriles is 1. The molecule has 0 bridgehead atoms. The zero-order valence-electron chi connectivity index (χ0n) is 11.1. The second kappa shape index (κ2) is 6.77. The summed E-state index contributed by atoms with van der Waals surface area (Å²) in [6.45, 7) is 4.99. The Morgan fingerprint density at radius 1 is 1.50 bits per heavy atom. The fraction of sp³-hybridized carbons (Fsp3) is 0.429. The van der Waals surface area contributed by atoms with E-state index < -0.39 is 0 Å². The van der Waals surface area contributed by atoms with E-state index in [0.29, 0.717) is 18.7 Å². The van der Waals surface area contributed by atoms with E-state index in [-0.39, 0.29) is 11.9 Å². The average molecular weight is 245 g/mol. The molecule has 0 saturated carbocycles. The van der Waals surface area contributed by atoms with Crippen molar-refractivity contribution >= 4 is 5.91 Å². The van der Waals surface area contributed by atoms with Crippen LogP contribution >= 0.6 is 0 Å². The van der Waals surface area contributed by atoms with E-state index >= 15 is 0 Å². The van der Waals surface area contributed by atoms with E-state index in [0.717, 1.165) is 5.56 Å². The minimum Gasteiger partial charge on any atom is -0.345 e. The van der Waals surface area contributed by atoms with Crippen LogP contribution in [-0.2, 0) is 11.3 Å². The van der Waals surface area contributed by atoms with Crippen molar-refractivity contribution in [2.45, 2.75) is 26.4 Å². The number of hydrogen-bond donors (Lipinski definition) is 1. The Bertz CT molecular complexity index is 451. The minimum atomic E-state index is -0.248. The molecule has 0 aromatic heterocycles. The first-order chi connectivity index (χ1) is 8.60. The molecule has 0 aliphatic rings. The number of hydrogen-bond acceptors (Lipinski definition) is 3. The Balaban J connectivity index is 2.60. The minimum absolute atomic E-state index is 0.0620. The fourth-order valence-corrected chi connectivity index (χ4v) is 1.62. The van der Waals surface area contributed by atoms with Gasteiger partial charge in [-0.3, -0.25) is 4.79 Å². The van der Waals surface area contributed by atoms with Crippen molar-refractivity contribution < 1.29 is 4.79 Å². The molecule has 0 spiro atoms. The standard InChI is InChI=1S/C14H19N3O/c1-4-17(3)14(18)11(2)16-10-13-8-6-5-7-12(13)9-15/h5-8,11,16H,4,10H2,1-3H3. The first-order valence-corrected chi connectivity index (χ1v) is 6.06. The molecule has 0 aliphatic carbocycles. The topological polar surface area (TPSA) is 56.1 Å². The Kier molecular flexibility index (Phi) is 5.34. The van der Waals surface area contributed by atoms with Gasteiger partial charge in [0.2, 0.25) is 5.91 Å². The highest BCUT2D eigenvalue weighted by Gasteiger charge is 2.15. The SMILES string of the molecule is CCN(C)C(=O)C(C)NCc1ccccc1C#N. The number of likely N-dealkylation sites (N-methyl/N-ethyl adjacent to an activating group) is 1. The number of rotatable bonds is 5. The summed E-state index contributed by atoms with van der Waals surface area (Å²) in [6, 6.07) is 9.30. The molecule has 18 heavy (non-hydrogen) atoms. The highest BCUT2D eigenvalue weighted by atomic mass is 16.2. The lowest BCUT2D eigenvalue weighted by Gasteiger charge is -2.20. The number of nitrogens with one attached hydrogen (secondary N) is 1. The summed E-state index contributed by atoms with van der Waals surface area (Å²) in [5, 5.41) is 12.1. The van der Waals surface area contributed by atoms with Gasteiger partial charge in [-0.1, -0.05) is 18.2 Å². The van der Waals surface area contributed by atoms with Crippen molar-refractivity contribution in [1.29, 1.82) is 5.26 Å². The Hall–Kier alpha value is -1.86. The number of nitrogens with zero attached hydrogens (tertiary/aromatic N) is 2. The molecular weight excluding hydrogens is 226 g/mol. The van der Waals surface area contributed by atoms with Crippen LogP contribution in [-0.4, -0.2) is 30.4 Å². The van der Waals surface area contributed by atoms with Gasteiger partial charge in [-0.15, -0.1) is 0 Å². The third kappa shape index (κ3) is 3.57. The third-order valence-corrected chi connectivity index (χ3v) is 2.96. The molecule has 0 aliphatic heterocycles. The normalized spacial score (nSPS) is 11.7. The van der Waals surface area contributed by atoms with Gasteiger partial charge >= 0.3 is 0 Å². The van der Waals surface area contributed by atoms with E-state index in [1.54, 1.807) is 18.0 Å². The molecule has 1 amide bonds. The van der Waals surface area contributed by atoms with Crippen LogP contribution in [0.4, 0.5) is 0 Å². The van der Waals surface area contributed by atoms with E-state index in [9.17, 15) is 4.79 Å². The van der Waals surface area contributed by atoms with E-state index in [1.165, 1.54) is 0 Å². The molecule has 1 rings (SSSR count). The fourth-order valence-electron chi connectivity index (χ4n) is 1.62. The highest BCUT2D eigenvalue weighted by Crippen LogP contribution is 2.07. The lowest BCUT2D eigenvalue weighted by molar-refractivity contribution is -0.131. The zero-order chi connectivity index (χ0) is 13.5. The van der Waals surface area contributed by atoms with Crippen LogP contribution in [0.1, 0.15) is 25.0 Å². The second-order valence-corrected chi connectivity index (χ2v) is 4.22. The smallest absolute Gasteiger partial charge is 0.239 e. The molecule has 1 N–H and O–H groups in total. The van der Waals surface area contributed by atoms with Gasteiger partial charge in [0.15, 0.2) is 0 Å². The summed E-state index contributed by atoms with van der Waals surface area (Å²) in [7, 11) is 1.78. The Morgan fingerprint density at radius 2 is 2.17 bits per heavy atom. The predicted octanol–water partition coefficient (Wildman–Crippen LogP) is 1.51. The van der Waals surface area contributed by atoms with Gasteiger partial charge in [-0.2, -0.15) is 5.26 Å². The van der Waals surface area contributed by atoms with Crippen LogP contribution in [0.25, 0.3) is 0 Å². The molecule has 0 saturated heterocycles. The molecule has 0 radical (unpaired) electrons. The lowest BCUT2D eigenvalue weighted by Crippen LogP contribution is -2.42. The maximum atomic E-state index is 11.8. The molecule has 0 fully saturated rings. The summed E-state index contributed by atoms with van der Waals surface area (Å²) < 4.78 is 0. The molecule has 1 unspecified atom stereocenters. The highest BCUT2D eigenvalue weighted by molar-refractivity contribution is 5.81. The van der Waals surface area contributed by atoms with Crippen molar-refractivity contribution in [1.82, 2.24) is 10.2 Å². The number of carbonyl (C=O) groups excluding carboxylic acids is 1. The summed E-state index contributed by atoms with van der Waals surface area (Å²) in [6.07, 6.45) is 0. The monoisotopic (exact) mass is 245 g/mol. The van der Waals surface area contributed by atoms with Crippen molar-refractivity contribution in [3.63, 3.8) is 0 Å². The van der Waals surface area contributed by atoms with Gasteiger partial charge in [0.25, 0.3) is 0 Å². The Morgan fingerprint density at radius 3 is 2.78 bits per heavy atom. The van der Waals surface area contributed by atoms with Crippen LogP contribution in [0.15, 0.2) is 24.3 Å². The number of carbonyl (C=O) groups is 1. The summed E-state index contributed by atoms with van der Waals surface area (Å²) in [5.41, 5.74) is 1.56. The molecule has 4 nitrogen and oxygen atoms in total. The molecule has 96 valence electrons. The first kappa shape index (κ1) is 14.2. The summed E-state index contributed by atoms with van der Waals surface area (Å²) in [4.78, 5) is 13.5. The van der Waals surface area contributed by atoms with E-state index in [2.05, 4.69) is 11.4 Å². The van der Waals surface area contributed by atoms with Crippen LogP contribution in [0.5, 0.6) is 0 Å². The molecule has 1 atom stereocenters. The van der Waals surface area contributed by atoms with Crippen LogP contribution in [0.3, 0.4) is 0 Å². The quantitative estimate of drug-likeness (QED) is 0.855. The molecule has 0 heterocycles. The predicted molar refractivity (Wildman–Crippen MR) is 70.8 cm³/mol. The van der Waals surface area contributed by atoms with E-state index in [1.807, 2.05) is 32.0 Å². The Labute approximate surface area is 108 Å². The summed E-state index contributed by atoms with van der Waals surface area (Å²) >= 11 is 0. The average Bonchev–Trinajstić information content (AvgIpc) is 2.43. The van der Waals surface area contributed by atoms with Crippen LogP contribution < -0.4 is 5.32 Å². The molecule has 4 heteroatoms. The first-order valence-electron chi connectivity index (χ1n) is 6.06. The number of amides is 1. The molecule has 1 aromatic carbocycles. The van der Waals surface area contributed by atoms with Gasteiger partial charge in [0, 0.05) is 20.1 Å². The van der Waals surface area contributed by atoms with Crippen molar-refractivity contribution in [3.05, 3.63) is 35.4 Å². The lowest BCUT2D eigenvalue weighted by atomic mass is 10.1. The molecular formula is C14H19N3O. The van der Waals surface area contributed by atoms with E-state index in [4.69, 9.17) is 5.26 Å². The van der Waals surface area contributed by atoms with Crippen LogP contribution in [0, 0.1) is 11.3 Å². The second-order valence-electron chi connectivity index (χ2n) is 4.22. The summed E-state index contributed by atoms with van der Waals surface area (Å²) in [5.74, 6) is 0.0620. The maximum Gasteiger partial charge on any atom is 0.239 e. The van der Waals surface area contributed by atoms with Gasteiger partial charge in [0.1, 0.15) is 0 Å². The third-order valence-electron chi connectivity index (χ3n) is 2.96. The maximum absolute atomic E-state index is 11.8. The number of benzene rings is 1. The zero-order valence-corrected chi connectivity index (χ0v) is 11.1. The largest absolute Gasteiger partial charge is 0.345 e.